The van der Waals surface area contributed by atoms with Crippen molar-refractivity contribution in [3.8, 4) is 10.6 Å². The van der Waals surface area contributed by atoms with Gasteiger partial charge in [-0.15, -0.1) is 11.3 Å². The molecule has 2 aromatic heterocycles. The largest absolute Gasteiger partial charge is 0.326 e. The summed E-state index contributed by atoms with van der Waals surface area (Å²) in [5, 5.41) is 1.03. The third kappa shape index (κ3) is 2.53. The van der Waals surface area contributed by atoms with Crippen LogP contribution in [-0.4, -0.2) is 9.97 Å². The quantitative estimate of drug-likeness (QED) is 0.887. The Labute approximate surface area is 106 Å². The summed E-state index contributed by atoms with van der Waals surface area (Å²) in [7, 11) is 0. The predicted molar refractivity (Wildman–Crippen MR) is 71.9 cm³/mol. The van der Waals surface area contributed by atoms with E-state index >= 15 is 0 Å². The fourth-order valence-electron chi connectivity index (χ4n) is 1.69. The summed E-state index contributed by atoms with van der Waals surface area (Å²) in [6.45, 7) is 7.04. The van der Waals surface area contributed by atoms with Crippen molar-refractivity contribution in [2.45, 2.75) is 32.7 Å². The highest BCUT2D eigenvalue weighted by Gasteiger charge is 2.22. The van der Waals surface area contributed by atoms with Crippen molar-refractivity contribution in [3.63, 3.8) is 0 Å². The molecule has 0 saturated heterocycles. The van der Waals surface area contributed by atoms with Crippen LogP contribution in [0.25, 0.3) is 10.6 Å². The van der Waals surface area contributed by atoms with Gasteiger partial charge in [0, 0.05) is 34.8 Å². The second-order valence-corrected chi connectivity index (χ2v) is 6.06. The first-order valence-electron chi connectivity index (χ1n) is 5.63. The number of nitrogens with zero attached hydrogens (tertiary/aromatic N) is 2. The van der Waals surface area contributed by atoms with Crippen LogP contribution in [0.1, 0.15) is 31.3 Å². The molecule has 0 bridgehead atoms. The van der Waals surface area contributed by atoms with Gasteiger partial charge >= 0.3 is 0 Å². The van der Waals surface area contributed by atoms with Crippen LogP contribution >= 0.6 is 11.3 Å². The number of pyridine rings is 1. The Hall–Kier alpha value is -1.26. The van der Waals surface area contributed by atoms with Crippen LogP contribution in [0.4, 0.5) is 0 Å². The number of nitrogens with two attached hydrogens (primary N) is 1. The smallest absolute Gasteiger partial charge is 0.124 e. The highest BCUT2D eigenvalue weighted by Crippen LogP contribution is 2.33. The van der Waals surface area contributed by atoms with E-state index in [1.807, 2.05) is 12.1 Å². The molecule has 0 aliphatic rings. The molecule has 4 heteroatoms. The maximum Gasteiger partial charge on any atom is 0.124 e. The molecule has 90 valence electrons. The minimum absolute atomic E-state index is 0.0382. The van der Waals surface area contributed by atoms with Crippen molar-refractivity contribution >= 4 is 11.3 Å². The molecule has 2 N–H and O–H groups in total. The van der Waals surface area contributed by atoms with E-state index in [-0.39, 0.29) is 5.41 Å². The SMILES string of the molecule is CC(C)(C)c1nc(-c2ccncc2)sc1CN. The zero-order valence-electron chi connectivity index (χ0n) is 10.4. The number of hydrogen-bond donors (Lipinski definition) is 1. The summed E-state index contributed by atoms with van der Waals surface area (Å²) in [4.78, 5) is 9.93. The molecule has 0 fully saturated rings. The molecule has 0 spiro atoms. The van der Waals surface area contributed by atoms with Gasteiger partial charge in [0.2, 0.25) is 0 Å². The first-order chi connectivity index (χ1) is 8.02. The predicted octanol–water partition coefficient (Wildman–Crippen LogP) is 2.96. The monoisotopic (exact) mass is 247 g/mol. The van der Waals surface area contributed by atoms with Crippen LogP contribution < -0.4 is 5.73 Å². The van der Waals surface area contributed by atoms with Crippen molar-refractivity contribution in [2.24, 2.45) is 5.73 Å². The van der Waals surface area contributed by atoms with Gasteiger partial charge in [0.1, 0.15) is 5.01 Å². The van der Waals surface area contributed by atoms with E-state index in [1.165, 1.54) is 4.88 Å². The van der Waals surface area contributed by atoms with Crippen molar-refractivity contribution in [2.75, 3.05) is 0 Å². The lowest BCUT2D eigenvalue weighted by Crippen LogP contribution is -2.15. The molecule has 2 rings (SSSR count). The lowest BCUT2D eigenvalue weighted by Gasteiger charge is -2.16. The zero-order valence-corrected chi connectivity index (χ0v) is 11.2. The van der Waals surface area contributed by atoms with Gasteiger partial charge in [-0.3, -0.25) is 4.98 Å². The van der Waals surface area contributed by atoms with Gasteiger partial charge < -0.3 is 5.73 Å². The Balaban J connectivity index is 2.49. The van der Waals surface area contributed by atoms with Gasteiger partial charge in [0.15, 0.2) is 0 Å². The zero-order chi connectivity index (χ0) is 12.5. The van der Waals surface area contributed by atoms with Gasteiger partial charge in [0.05, 0.1) is 5.69 Å². The Morgan fingerprint density at radius 3 is 2.35 bits per heavy atom. The van der Waals surface area contributed by atoms with E-state index in [0.717, 1.165) is 16.3 Å². The number of thiazole rings is 1. The molecule has 0 aliphatic heterocycles. The molecule has 17 heavy (non-hydrogen) atoms. The molecule has 0 aliphatic carbocycles. The van der Waals surface area contributed by atoms with E-state index in [9.17, 15) is 0 Å². The maximum atomic E-state index is 5.80. The Morgan fingerprint density at radius 2 is 1.88 bits per heavy atom. The molecule has 0 aromatic carbocycles. The fourth-order valence-corrected chi connectivity index (χ4v) is 2.85. The molecule has 0 unspecified atom stereocenters. The van der Waals surface area contributed by atoms with Crippen LogP contribution in [0.5, 0.6) is 0 Å². The lowest BCUT2D eigenvalue weighted by molar-refractivity contribution is 0.567. The van der Waals surface area contributed by atoms with Crippen molar-refractivity contribution in [1.82, 2.24) is 9.97 Å². The summed E-state index contributed by atoms with van der Waals surface area (Å²) in [5.41, 5.74) is 8.05. The average Bonchev–Trinajstić information content (AvgIpc) is 2.74. The highest BCUT2D eigenvalue weighted by molar-refractivity contribution is 7.15. The number of hydrogen-bond acceptors (Lipinski definition) is 4. The van der Waals surface area contributed by atoms with E-state index in [0.29, 0.717) is 6.54 Å². The average molecular weight is 247 g/mol. The fraction of sp³-hybridized carbons (Fsp3) is 0.385. The van der Waals surface area contributed by atoms with Crippen LogP contribution in [0.15, 0.2) is 24.5 Å². The number of rotatable bonds is 2. The minimum atomic E-state index is 0.0382. The summed E-state index contributed by atoms with van der Waals surface area (Å²) in [6.07, 6.45) is 3.57. The molecule has 3 nitrogen and oxygen atoms in total. The Bertz CT molecular complexity index is 497. The van der Waals surface area contributed by atoms with Crippen LogP contribution in [0, 0.1) is 0 Å². The third-order valence-corrected chi connectivity index (χ3v) is 3.65. The van der Waals surface area contributed by atoms with Gasteiger partial charge in [-0.1, -0.05) is 20.8 Å². The Kier molecular flexibility index (Phi) is 3.26. The Morgan fingerprint density at radius 1 is 1.24 bits per heavy atom. The molecule has 0 radical (unpaired) electrons. The van der Waals surface area contributed by atoms with E-state index in [4.69, 9.17) is 10.7 Å². The second-order valence-electron chi connectivity index (χ2n) is 4.98. The maximum absolute atomic E-state index is 5.80. The van der Waals surface area contributed by atoms with Gasteiger partial charge in [-0.05, 0) is 12.1 Å². The molecule has 0 saturated carbocycles. The van der Waals surface area contributed by atoms with Crippen molar-refractivity contribution in [1.29, 1.82) is 0 Å². The van der Waals surface area contributed by atoms with Crippen LogP contribution in [0.3, 0.4) is 0 Å². The summed E-state index contributed by atoms with van der Waals surface area (Å²) in [6, 6.07) is 3.96. The van der Waals surface area contributed by atoms with Gasteiger partial charge in [-0.25, -0.2) is 4.98 Å². The topological polar surface area (TPSA) is 51.8 Å². The summed E-state index contributed by atoms with van der Waals surface area (Å²) < 4.78 is 0. The summed E-state index contributed by atoms with van der Waals surface area (Å²) in [5.74, 6) is 0. The first kappa shape index (κ1) is 12.2. The minimum Gasteiger partial charge on any atom is -0.326 e. The first-order valence-corrected chi connectivity index (χ1v) is 6.44. The van der Waals surface area contributed by atoms with Crippen molar-refractivity contribution < 1.29 is 0 Å². The van der Waals surface area contributed by atoms with Crippen molar-refractivity contribution in [3.05, 3.63) is 35.1 Å². The van der Waals surface area contributed by atoms with Crippen LogP contribution in [-0.2, 0) is 12.0 Å². The van der Waals surface area contributed by atoms with Gasteiger partial charge in [0.25, 0.3) is 0 Å². The number of aromatic nitrogens is 2. The highest BCUT2D eigenvalue weighted by atomic mass is 32.1. The summed E-state index contributed by atoms with van der Waals surface area (Å²) >= 11 is 1.68. The second kappa shape index (κ2) is 4.55. The molecule has 2 heterocycles. The molecular formula is C13H17N3S. The molecule has 0 amide bonds. The molecule has 0 atom stereocenters. The normalized spacial score (nSPS) is 11.8. The van der Waals surface area contributed by atoms with E-state index < -0.39 is 0 Å². The molecule has 2 aromatic rings. The van der Waals surface area contributed by atoms with Crippen LogP contribution in [0.2, 0.25) is 0 Å². The van der Waals surface area contributed by atoms with Gasteiger partial charge in [-0.2, -0.15) is 0 Å². The lowest BCUT2D eigenvalue weighted by atomic mass is 9.91. The van der Waals surface area contributed by atoms with E-state index in [1.54, 1.807) is 23.7 Å². The standard InChI is InChI=1S/C13H17N3S/c1-13(2,3)11-10(8-14)17-12(16-11)9-4-6-15-7-5-9/h4-7H,8,14H2,1-3H3. The third-order valence-electron chi connectivity index (χ3n) is 2.52. The van der Waals surface area contributed by atoms with E-state index in [2.05, 4.69) is 25.8 Å². The molecular weight excluding hydrogens is 230 g/mol.